The van der Waals surface area contributed by atoms with Crippen LogP contribution in [0.25, 0.3) is 0 Å². The van der Waals surface area contributed by atoms with Crippen LogP contribution in [0.2, 0.25) is 0 Å². The molecule has 0 bridgehead atoms. The van der Waals surface area contributed by atoms with Crippen molar-refractivity contribution in [3.63, 3.8) is 0 Å². The van der Waals surface area contributed by atoms with Gasteiger partial charge in [-0.25, -0.2) is 4.98 Å². The van der Waals surface area contributed by atoms with Crippen molar-refractivity contribution in [1.82, 2.24) is 9.97 Å². The molecule has 0 saturated carbocycles. The van der Waals surface area contributed by atoms with Crippen molar-refractivity contribution in [2.45, 2.75) is 57.5 Å². The molecule has 8 nitrogen and oxygen atoms in total. The molecule has 168 valence electrons. The number of H-pyrrole nitrogens is 1. The Kier molecular flexibility index (Phi) is 5.94. The number of aromatic amines is 1. The van der Waals surface area contributed by atoms with Crippen LogP contribution in [0.1, 0.15) is 63.5 Å². The van der Waals surface area contributed by atoms with Gasteiger partial charge in [-0.3, -0.25) is 19.7 Å². The summed E-state index contributed by atoms with van der Waals surface area (Å²) < 4.78 is 0. The van der Waals surface area contributed by atoms with Crippen molar-refractivity contribution in [3.05, 3.63) is 67.1 Å². The van der Waals surface area contributed by atoms with Crippen molar-refractivity contribution in [2.75, 3.05) is 11.1 Å². The zero-order valence-corrected chi connectivity index (χ0v) is 19.2. The Bertz CT molecular complexity index is 1180. The first-order valence-electron chi connectivity index (χ1n) is 10.8. The predicted molar refractivity (Wildman–Crippen MR) is 124 cm³/mol. The lowest BCUT2D eigenvalue weighted by Crippen LogP contribution is -2.37. The van der Waals surface area contributed by atoms with E-state index in [-0.39, 0.29) is 28.0 Å². The minimum absolute atomic E-state index is 0.0988. The maximum atomic E-state index is 13.3. The van der Waals surface area contributed by atoms with Gasteiger partial charge in [-0.1, -0.05) is 57.2 Å². The van der Waals surface area contributed by atoms with Crippen LogP contribution in [0.4, 0.5) is 11.5 Å². The van der Waals surface area contributed by atoms with Crippen molar-refractivity contribution in [2.24, 2.45) is 5.41 Å². The van der Waals surface area contributed by atoms with Gasteiger partial charge in [0.1, 0.15) is 5.82 Å². The summed E-state index contributed by atoms with van der Waals surface area (Å²) in [6.45, 7) is 6.13. The van der Waals surface area contributed by atoms with Crippen molar-refractivity contribution < 1.29 is 9.72 Å². The van der Waals surface area contributed by atoms with E-state index < -0.39 is 10.8 Å². The SMILES string of the molecule is CCCCSc1nc2c(c(=O)[nH]1)C(c1ccccc1[N+](=O)[O-])C1=C(CC(C)(C)CC1=O)N2. The topological polar surface area (TPSA) is 118 Å². The lowest BCUT2D eigenvalue weighted by atomic mass is 9.69. The molecule has 1 unspecified atom stereocenters. The number of allylic oxidation sites excluding steroid dienone is 2. The summed E-state index contributed by atoms with van der Waals surface area (Å²) in [5.74, 6) is 0.265. The number of hydrogen-bond acceptors (Lipinski definition) is 7. The number of nitrogens with zero attached hydrogens (tertiary/aromatic N) is 2. The number of carbonyl (C=O) groups is 1. The molecule has 32 heavy (non-hydrogen) atoms. The first-order valence-corrected chi connectivity index (χ1v) is 11.7. The Morgan fingerprint density at radius 1 is 1.25 bits per heavy atom. The van der Waals surface area contributed by atoms with E-state index in [0.717, 1.165) is 18.6 Å². The molecule has 1 aliphatic heterocycles. The van der Waals surface area contributed by atoms with Crippen LogP contribution in [0.15, 0.2) is 45.5 Å². The average Bonchev–Trinajstić information content (AvgIpc) is 2.71. The zero-order valence-electron chi connectivity index (χ0n) is 18.4. The fourth-order valence-electron chi connectivity index (χ4n) is 4.48. The zero-order chi connectivity index (χ0) is 23.0. The van der Waals surface area contributed by atoms with Gasteiger partial charge in [-0.15, -0.1) is 0 Å². The normalized spacial score (nSPS) is 19.2. The number of fused-ring (bicyclic) bond motifs is 1. The standard InChI is InChI=1S/C23H26N4O4S/c1-4-5-10-32-22-25-20-19(21(29)26-22)17(13-8-6-7-9-15(13)27(30)31)18-14(24-20)11-23(2,3)12-16(18)28/h6-9,17H,4-5,10-12H2,1-3H3,(H2,24,25,26,29). The maximum Gasteiger partial charge on any atom is 0.273 e. The summed E-state index contributed by atoms with van der Waals surface area (Å²) in [5.41, 5.74) is 0.970. The summed E-state index contributed by atoms with van der Waals surface area (Å²) >= 11 is 1.47. The van der Waals surface area contributed by atoms with E-state index in [0.29, 0.717) is 40.6 Å². The van der Waals surface area contributed by atoms with Gasteiger partial charge >= 0.3 is 0 Å². The molecule has 2 N–H and O–H groups in total. The molecule has 1 atom stereocenters. The highest BCUT2D eigenvalue weighted by molar-refractivity contribution is 7.99. The van der Waals surface area contributed by atoms with Crippen LogP contribution in [-0.2, 0) is 4.79 Å². The number of Topliss-reactive ketones (excluding diaryl/α,β-unsaturated/α-hetero) is 1. The van der Waals surface area contributed by atoms with Crippen LogP contribution >= 0.6 is 11.8 Å². The van der Waals surface area contributed by atoms with Gasteiger partial charge in [0.05, 0.1) is 16.4 Å². The second kappa shape index (κ2) is 8.54. The molecule has 1 aliphatic carbocycles. The first-order chi connectivity index (χ1) is 15.2. The lowest BCUT2D eigenvalue weighted by molar-refractivity contribution is -0.385. The van der Waals surface area contributed by atoms with Crippen LogP contribution in [0, 0.1) is 15.5 Å². The van der Waals surface area contributed by atoms with E-state index in [4.69, 9.17) is 0 Å². The Balaban J connectivity index is 1.93. The lowest BCUT2D eigenvalue weighted by Gasteiger charge is -2.38. The van der Waals surface area contributed by atoms with Gasteiger partial charge in [0.15, 0.2) is 10.9 Å². The summed E-state index contributed by atoms with van der Waals surface area (Å²) in [6, 6.07) is 6.31. The number of nitrogens with one attached hydrogen (secondary N) is 2. The van der Waals surface area contributed by atoms with Crippen LogP contribution in [-0.4, -0.2) is 26.4 Å². The highest BCUT2D eigenvalue weighted by Gasteiger charge is 2.44. The number of rotatable bonds is 6. The number of aromatic nitrogens is 2. The fourth-order valence-corrected chi connectivity index (χ4v) is 5.43. The van der Waals surface area contributed by atoms with Crippen LogP contribution in [0.3, 0.4) is 0 Å². The van der Waals surface area contributed by atoms with E-state index in [1.54, 1.807) is 18.2 Å². The van der Waals surface area contributed by atoms with Crippen LogP contribution < -0.4 is 10.9 Å². The first kappa shape index (κ1) is 22.3. The molecule has 1 aromatic heterocycles. The predicted octanol–water partition coefficient (Wildman–Crippen LogP) is 4.77. The van der Waals surface area contributed by atoms with Gasteiger partial charge in [0.25, 0.3) is 11.2 Å². The average molecular weight is 455 g/mol. The Morgan fingerprint density at radius 2 is 2.00 bits per heavy atom. The van der Waals surface area contributed by atoms with Gasteiger partial charge in [0.2, 0.25) is 0 Å². The molecule has 2 aliphatic rings. The third-order valence-corrected chi connectivity index (χ3v) is 6.84. The minimum atomic E-state index is -0.836. The Hall–Kier alpha value is -2.94. The number of thioether (sulfide) groups is 1. The number of ketones is 1. The highest BCUT2D eigenvalue weighted by Crippen LogP contribution is 2.49. The molecule has 1 aromatic carbocycles. The smallest absolute Gasteiger partial charge is 0.273 e. The molecule has 0 radical (unpaired) electrons. The number of benzene rings is 1. The Morgan fingerprint density at radius 3 is 2.72 bits per heavy atom. The molecule has 0 spiro atoms. The third-order valence-electron chi connectivity index (χ3n) is 5.88. The number of hydrogen-bond donors (Lipinski definition) is 2. The second-order valence-electron chi connectivity index (χ2n) is 9.04. The van der Waals surface area contributed by atoms with E-state index >= 15 is 0 Å². The third kappa shape index (κ3) is 4.09. The second-order valence-corrected chi connectivity index (χ2v) is 10.1. The number of carbonyl (C=O) groups excluding carboxylic acids is 1. The van der Waals surface area contributed by atoms with Crippen molar-refractivity contribution >= 4 is 29.1 Å². The number of unbranched alkanes of at least 4 members (excludes halogenated alkanes) is 1. The number of nitro benzene ring substituents is 1. The van der Waals surface area contributed by atoms with Crippen LogP contribution in [0.5, 0.6) is 0 Å². The molecule has 0 saturated heterocycles. The number of para-hydroxylation sites is 1. The minimum Gasteiger partial charge on any atom is -0.343 e. The van der Waals surface area contributed by atoms with Gasteiger partial charge in [0, 0.05) is 35.1 Å². The Labute approximate surface area is 190 Å². The molecule has 0 fully saturated rings. The largest absolute Gasteiger partial charge is 0.343 e. The van der Waals surface area contributed by atoms with E-state index in [9.17, 15) is 19.7 Å². The van der Waals surface area contributed by atoms with Crippen molar-refractivity contribution in [1.29, 1.82) is 0 Å². The highest BCUT2D eigenvalue weighted by atomic mass is 32.2. The van der Waals surface area contributed by atoms with Gasteiger partial charge < -0.3 is 10.3 Å². The summed E-state index contributed by atoms with van der Waals surface area (Å²) in [7, 11) is 0. The molecule has 9 heteroatoms. The van der Waals surface area contributed by atoms with E-state index in [2.05, 4.69) is 22.2 Å². The summed E-state index contributed by atoms with van der Waals surface area (Å²) in [6.07, 6.45) is 2.94. The molecular formula is C23H26N4O4S. The fraction of sp³-hybridized carbons (Fsp3) is 0.435. The maximum absolute atomic E-state index is 13.3. The number of nitro groups is 1. The van der Waals surface area contributed by atoms with E-state index in [1.165, 1.54) is 17.8 Å². The number of anilines is 1. The summed E-state index contributed by atoms with van der Waals surface area (Å²) in [5, 5.41) is 15.5. The quantitative estimate of drug-likeness (QED) is 0.212. The molecule has 4 rings (SSSR count). The monoisotopic (exact) mass is 454 g/mol. The van der Waals surface area contributed by atoms with E-state index in [1.807, 2.05) is 13.8 Å². The molecule has 2 aromatic rings. The molecule has 0 amide bonds. The summed E-state index contributed by atoms with van der Waals surface area (Å²) in [4.78, 5) is 45.3. The molecule has 2 heterocycles. The van der Waals surface area contributed by atoms with Crippen molar-refractivity contribution in [3.8, 4) is 0 Å². The van der Waals surface area contributed by atoms with Gasteiger partial charge in [-0.2, -0.15) is 0 Å². The van der Waals surface area contributed by atoms with Gasteiger partial charge in [-0.05, 0) is 18.3 Å². The molecular weight excluding hydrogens is 428 g/mol.